The first kappa shape index (κ1) is 20.8. The molecule has 7 nitrogen and oxygen atoms in total. The molecule has 1 saturated carbocycles. The van der Waals surface area contributed by atoms with Gasteiger partial charge < -0.3 is 9.47 Å². The number of hydrogen-bond donors (Lipinski definition) is 0. The highest BCUT2D eigenvalue weighted by atomic mass is 32.2. The van der Waals surface area contributed by atoms with E-state index in [0.29, 0.717) is 22.4 Å². The van der Waals surface area contributed by atoms with E-state index in [1.807, 2.05) is 54.8 Å². The minimum atomic E-state index is -0.693. The number of aromatic nitrogens is 3. The van der Waals surface area contributed by atoms with Crippen LogP contribution in [-0.4, -0.2) is 33.4 Å². The smallest absolute Gasteiger partial charge is 0.247 e. The summed E-state index contributed by atoms with van der Waals surface area (Å²) in [6.07, 6.45) is 6.12. The lowest BCUT2D eigenvalue weighted by atomic mass is 10.1. The third-order valence-electron chi connectivity index (χ3n) is 5.80. The molecule has 1 aliphatic carbocycles. The topological polar surface area (TPSA) is 77.4 Å². The molecule has 1 fully saturated rings. The van der Waals surface area contributed by atoms with Gasteiger partial charge >= 0.3 is 0 Å². The minimum Gasteiger partial charge on any atom is -0.490 e. The normalized spacial score (nSPS) is 17.8. The molecule has 0 spiro atoms. The monoisotopic (exact) mass is 448 g/mol. The van der Waals surface area contributed by atoms with E-state index in [2.05, 4.69) is 15.2 Å². The highest BCUT2D eigenvalue weighted by Gasteiger charge is 2.34. The fourth-order valence-electron chi connectivity index (χ4n) is 4.27. The summed E-state index contributed by atoms with van der Waals surface area (Å²) in [7, 11) is 0. The van der Waals surface area contributed by atoms with Crippen molar-refractivity contribution >= 4 is 23.4 Å². The maximum atomic E-state index is 12.8. The zero-order valence-corrected chi connectivity index (χ0v) is 18.8. The predicted molar refractivity (Wildman–Crippen MR) is 123 cm³/mol. The van der Waals surface area contributed by atoms with Crippen molar-refractivity contribution < 1.29 is 14.3 Å². The Hall–Kier alpha value is -3.13. The predicted octanol–water partition coefficient (Wildman–Crippen LogP) is 5.03. The Bertz CT molecular complexity index is 1130. The van der Waals surface area contributed by atoms with Crippen LogP contribution in [0, 0.1) is 0 Å². The number of carbonyl (C=O) groups is 1. The van der Waals surface area contributed by atoms with E-state index < -0.39 is 6.23 Å². The van der Waals surface area contributed by atoms with E-state index in [0.717, 1.165) is 29.7 Å². The molecule has 1 aliphatic heterocycles. The van der Waals surface area contributed by atoms with Crippen LogP contribution in [0.5, 0.6) is 11.6 Å². The second-order valence-electron chi connectivity index (χ2n) is 7.92. The van der Waals surface area contributed by atoms with Gasteiger partial charge in [0.25, 0.3) is 0 Å². The van der Waals surface area contributed by atoms with Crippen LogP contribution in [-0.2, 0) is 4.79 Å². The molecule has 0 saturated heterocycles. The molecule has 8 heteroatoms. The number of carbonyl (C=O) groups excluding carboxylic acids is 1. The molecule has 0 radical (unpaired) electrons. The van der Waals surface area contributed by atoms with Crippen molar-refractivity contribution in [3.8, 4) is 22.9 Å². The number of amides is 1. The van der Waals surface area contributed by atoms with Gasteiger partial charge in [-0.3, -0.25) is 9.69 Å². The van der Waals surface area contributed by atoms with Crippen molar-refractivity contribution in [3.63, 3.8) is 0 Å². The van der Waals surface area contributed by atoms with Crippen LogP contribution in [0.3, 0.4) is 0 Å². The van der Waals surface area contributed by atoms with Crippen LogP contribution in [0.1, 0.15) is 44.4 Å². The zero-order chi connectivity index (χ0) is 22.1. The summed E-state index contributed by atoms with van der Waals surface area (Å²) < 4.78 is 12.5. The van der Waals surface area contributed by atoms with E-state index in [1.165, 1.54) is 31.5 Å². The van der Waals surface area contributed by atoms with Crippen molar-refractivity contribution in [2.45, 2.75) is 50.1 Å². The number of nitrogens with zero attached hydrogens (tertiary/aromatic N) is 4. The number of benzene rings is 2. The van der Waals surface area contributed by atoms with E-state index in [1.54, 1.807) is 4.90 Å². The van der Waals surface area contributed by atoms with Crippen LogP contribution in [0.15, 0.2) is 53.7 Å². The summed E-state index contributed by atoms with van der Waals surface area (Å²) in [4.78, 5) is 19.0. The molecule has 3 aromatic rings. The van der Waals surface area contributed by atoms with Crippen LogP contribution >= 0.6 is 11.8 Å². The molecule has 2 aromatic carbocycles. The first-order chi connectivity index (χ1) is 15.6. The largest absolute Gasteiger partial charge is 0.490 e. The number of para-hydroxylation sites is 1. The molecule has 164 valence electrons. The van der Waals surface area contributed by atoms with Crippen molar-refractivity contribution in [1.29, 1.82) is 0 Å². The summed E-state index contributed by atoms with van der Waals surface area (Å²) in [5, 5.41) is 9.06. The Morgan fingerprint density at radius 3 is 2.56 bits per heavy atom. The second-order valence-corrected chi connectivity index (χ2v) is 8.70. The van der Waals surface area contributed by atoms with Gasteiger partial charge in [0.15, 0.2) is 5.69 Å². The van der Waals surface area contributed by atoms with Gasteiger partial charge in [-0.15, -0.1) is 10.2 Å². The van der Waals surface area contributed by atoms with Crippen molar-refractivity contribution in [3.05, 3.63) is 54.1 Å². The van der Waals surface area contributed by atoms with Gasteiger partial charge in [-0.1, -0.05) is 30.0 Å². The molecule has 0 bridgehead atoms. The maximum absolute atomic E-state index is 12.8. The summed E-state index contributed by atoms with van der Waals surface area (Å²) in [6.45, 7) is 1.53. The number of fused-ring (bicyclic) bond motifs is 3. The Balaban J connectivity index is 1.56. The first-order valence-corrected chi connectivity index (χ1v) is 12.0. The number of rotatable bonds is 4. The van der Waals surface area contributed by atoms with Gasteiger partial charge in [0.05, 0.1) is 11.8 Å². The number of ether oxygens (including phenoxy) is 2. The zero-order valence-electron chi connectivity index (χ0n) is 18.0. The van der Waals surface area contributed by atoms with E-state index in [9.17, 15) is 4.79 Å². The summed E-state index contributed by atoms with van der Waals surface area (Å²) in [5.41, 5.74) is 2.82. The van der Waals surface area contributed by atoms with Crippen molar-refractivity contribution in [1.82, 2.24) is 15.2 Å². The Morgan fingerprint density at radius 1 is 1.09 bits per heavy atom. The molecular weight excluding hydrogens is 424 g/mol. The molecule has 0 N–H and O–H groups in total. The highest BCUT2D eigenvalue weighted by Crippen LogP contribution is 2.43. The molecule has 1 atom stereocenters. The Morgan fingerprint density at radius 2 is 1.84 bits per heavy atom. The highest BCUT2D eigenvalue weighted by molar-refractivity contribution is 7.98. The SMILES string of the molecule is CSc1nnc2c(n1)O[C@@H](c1ccc(OC3CCCC3)cc1)N(C(C)=O)c1ccccc1-2. The second kappa shape index (κ2) is 8.78. The lowest BCUT2D eigenvalue weighted by molar-refractivity contribution is -0.118. The molecular formula is C24H24N4O3S. The Kier molecular flexibility index (Phi) is 5.70. The van der Waals surface area contributed by atoms with Gasteiger partial charge in [0.2, 0.25) is 23.2 Å². The molecule has 1 aromatic heterocycles. The standard InChI is InChI=1S/C24H24N4O3S/c1-15(29)28-20-10-6-5-9-19(20)21-22(25-24(32-2)27-26-21)31-23(28)16-11-13-18(14-12-16)30-17-7-3-4-8-17/h5-6,9-14,17,23H,3-4,7-8H2,1-2H3/t23-/m0/s1. The third kappa shape index (κ3) is 3.90. The van der Waals surface area contributed by atoms with Crippen molar-refractivity contribution in [2.24, 2.45) is 0 Å². The molecule has 2 aliphatic rings. The van der Waals surface area contributed by atoms with Crippen LogP contribution in [0.25, 0.3) is 11.3 Å². The van der Waals surface area contributed by atoms with Gasteiger partial charge in [0.1, 0.15) is 5.75 Å². The van der Waals surface area contributed by atoms with E-state index in [4.69, 9.17) is 9.47 Å². The average molecular weight is 449 g/mol. The lowest BCUT2D eigenvalue weighted by Gasteiger charge is -2.30. The van der Waals surface area contributed by atoms with Gasteiger partial charge in [0, 0.05) is 18.1 Å². The van der Waals surface area contributed by atoms with Crippen molar-refractivity contribution in [2.75, 3.05) is 11.2 Å². The molecule has 1 amide bonds. The maximum Gasteiger partial charge on any atom is 0.247 e. The Labute approximate surface area is 191 Å². The molecule has 32 heavy (non-hydrogen) atoms. The summed E-state index contributed by atoms with van der Waals surface area (Å²) >= 11 is 1.39. The lowest BCUT2D eigenvalue weighted by Crippen LogP contribution is -2.36. The fourth-order valence-corrected chi connectivity index (χ4v) is 4.56. The van der Waals surface area contributed by atoms with E-state index in [-0.39, 0.29) is 12.0 Å². The molecule has 0 unspecified atom stereocenters. The van der Waals surface area contributed by atoms with Crippen LogP contribution in [0.4, 0.5) is 5.69 Å². The fraction of sp³-hybridized carbons (Fsp3) is 0.333. The summed E-state index contributed by atoms with van der Waals surface area (Å²) in [6, 6.07) is 15.4. The molecule has 2 heterocycles. The average Bonchev–Trinajstić information content (AvgIpc) is 3.27. The third-order valence-corrected chi connectivity index (χ3v) is 6.34. The van der Waals surface area contributed by atoms with Gasteiger partial charge in [-0.25, -0.2) is 0 Å². The molecule has 5 rings (SSSR count). The first-order valence-electron chi connectivity index (χ1n) is 10.7. The van der Waals surface area contributed by atoms with Gasteiger partial charge in [-0.2, -0.15) is 4.98 Å². The quantitative estimate of drug-likeness (QED) is 0.518. The minimum absolute atomic E-state index is 0.139. The number of anilines is 1. The number of thioether (sulfide) groups is 1. The summed E-state index contributed by atoms with van der Waals surface area (Å²) in [5.74, 6) is 1.05. The van der Waals surface area contributed by atoms with Crippen LogP contribution in [0.2, 0.25) is 0 Å². The van der Waals surface area contributed by atoms with Crippen LogP contribution < -0.4 is 14.4 Å². The number of hydrogen-bond acceptors (Lipinski definition) is 7. The van der Waals surface area contributed by atoms with Gasteiger partial charge in [-0.05, 0) is 62.3 Å². The van der Waals surface area contributed by atoms with E-state index >= 15 is 0 Å².